The standard InChI is InChI=1S/C14H17N3O2.ClH/c15-14(7-8-14)13(19)17-11-5-3-10(4-6-11)16-12(18)9-1-2-9;/h3-6,9H,1-2,7-8,15H2,(H,16,18)(H,17,19);1H. The number of amides is 2. The molecule has 1 aromatic rings. The molecule has 2 aliphatic carbocycles. The van der Waals surface area contributed by atoms with Gasteiger partial charge in [-0.05, 0) is 49.9 Å². The third-order valence-corrected chi connectivity index (χ3v) is 3.60. The topological polar surface area (TPSA) is 84.2 Å². The fourth-order valence-electron chi connectivity index (χ4n) is 1.84. The average molecular weight is 296 g/mol. The van der Waals surface area contributed by atoms with Gasteiger partial charge in [-0.25, -0.2) is 0 Å². The smallest absolute Gasteiger partial charge is 0.244 e. The van der Waals surface area contributed by atoms with Gasteiger partial charge in [0.15, 0.2) is 0 Å². The molecule has 1 aromatic carbocycles. The van der Waals surface area contributed by atoms with Gasteiger partial charge in [-0.15, -0.1) is 12.4 Å². The van der Waals surface area contributed by atoms with Gasteiger partial charge in [0.05, 0.1) is 5.54 Å². The molecule has 2 fully saturated rings. The summed E-state index contributed by atoms with van der Waals surface area (Å²) < 4.78 is 0. The molecule has 0 bridgehead atoms. The maximum absolute atomic E-state index is 11.8. The van der Waals surface area contributed by atoms with Crippen LogP contribution in [-0.2, 0) is 9.59 Å². The quantitative estimate of drug-likeness (QED) is 0.793. The van der Waals surface area contributed by atoms with Crippen molar-refractivity contribution < 1.29 is 9.59 Å². The molecule has 0 spiro atoms. The van der Waals surface area contributed by atoms with Gasteiger partial charge in [0.2, 0.25) is 11.8 Å². The average Bonchev–Trinajstić information content (AvgIpc) is 3.25. The largest absolute Gasteiger partial charge is 0.326 e. The number of hydrogen-bond acceptors (Lipinski definition) is 3. The van der Waals surface area contributed by atoms with Gasteiger partial charge in [-0.1, -0.05) is 0 Å². The van der Waals surface area contributed by atoms with Crippen molar-refractivity contribution in [3.63, 3.8) is 0 Å². The Morgan fingerprint density at radius 1 is 1.05 bits per heavy atom. The highest BCUT2D eigenvalue weighted by Gasteiger charge is 2.45. The van der Waals surface area contributed by atoms with Crippen LogP contribution in [-0.4, -0.2) is 17.4 Å². The summed E-state index contributed by atoms with van der Waals surface area (Å²) in [6, 6.07) is 7.11. The van der Waals surface area contributed by atoms with Crippen LogP contribution < -0.4 is 16.4 Å². The van der Waals surface area contributed by atoms with Crippen LogP contribution in [0, 0.1) is 5.92 Å². The van der Waals surface area contributed by atoms with Crippen LogP contribution in [0.4, 0.5) is 11.4 Å². The number of benzene rings is 1. The van der Waals surface area contributed by atoms with Crippen molar-refractivity contribution in [1.29, 1.82) is 0 Å². The zero-order valence-corrected chi connectivity index (χ0v) is 11.8. The first-order valence-corrected chi connectivity index (χ1v) is 6.58. The van der Waals surface area contributed by atoms with Crippen molar-refractivity contribution >= 4 is 35.6 Å². The number of hydrogen-bond donors (Lipinski definition) is 3. The van der Waals surface area contributed by atoms with Crippen molar-refractivity contribution in [2.45, 2.75) is 31.2 Å². The van der Waals surface area contributed by atoms with E-state index in [2.05, 4.69) is 10.6 Å². The third-order valence-electron chi connectivity index (χ3n) is 3.60. The highest BCUT2D eigenvalue weighted by molar-refractivity contribution is 6.00. The second-order valence-electron chi connectivity index (χ2n) is 5.45. The first-order chi connectivity index (χ1) is 9.07. The van der Waals surface area contributed by atoms with Gasteiger partial charge in [0.25, 0.3) is 0 Å². The lowest BCUT2D eigenvalue weighted by molar-refractivity contribution is -0.118. The van der Waals surface area contributed by atoms with Crippen LogP contribution in [0.3, 0.4) is 0 Å². The summed E-state index contributed by atoms with van der Waals surface area (Å²) in [7, 11) is 0. The molecule has 2 saturated carbocycles. The van der Waals surface area contributed by atoms with Crippen LogP contribution in [0.25, 0.3) is 0 Å². The molecule has 20 heavy (non-hydrogen) atoms. The minimum atomic E-state index is -0.668. The van der Waals surface area contributed by atoms with Crippen LogP contribution in [0.5, 0.6) is 0 Å². The Morgan fingerprint density at radius 3 is 2.00 bits per heavy atom. The number of nitrogens with two attached hydrogens (primary N) is 1. The van der Waals surface area contributed by atoms with Gasteiger partial charge >= 0.3 is 0 Å². The second-order valence-corrected chi connectivity index (χ2v) is 5.45. The number of carbonyl (C=O) groups is 2. The Morgan fingerprint density at radius 2 is 1.55 bits per heavy atom. The molecule has 108 valence electrons. The Balaban J connectivity index is 0.00000147. The second kappa shape index (κ2) is 5.42. The zero-order valence-electron chi connectivity index (χ0n) is 11.0. The minimum Gasteiger partial charge on any atom is -0.326 e. The maximum Gasteiger partial charge on any atom is 0.244 e. The molecule has 4 N–H and O–H groups in total. The summed E-state index contributed by atoms with van der Waals surface area (Å²) in [5.74, 6) is 0.129. The monoisotopic (exact) mass is 295 g/mol. The van der Waals surface area contributed by atoms with Crippen molar-refractivity contribution in [1.82, 2.24) is 0 Å². The molecular weight excluding hydrogens is 278 g/mol. The third kappa shape index (κ3) is 3.29. The molecule has 0 atom stereocenters. The van der Waals surface area contributed by atoms with Crippen molar-refractivity contribution in [2.24, 2.45) is 11.7 Å². The SMILES string of the molecule is Cl.NC1(C(=O)Nc2ccc(NC(=O)C3CC3)cc2)CC1. The lowest BCUT2D eigenvalue weighted by Crippen LogP contribution is -2.37. The van der Waals surface area contributed by atoms with Gasteiger partial charge in [0, 0.05) is 17.3 Å². The summed E-state index contributed by atoms with van der Waals surface area (Å²) in [4.78, 5) is 23.3. The first kappa shape index (κ1) is 14.8. The number of halogens is 1. The fraction of sp³-hybridized carbons (Fsp3) is 0.429. The Hall–Kier alpha value is -1.59. The summed E-state index contributed by atoms with van der Waals surface area (Å²) in [6.45, 7) is 0. The molecule has 3 rings (SSSR count). The van der Waals surface area contributed by atoms with E-state index in [0.29, 0.717) is 5.69 Å². The highest BCUT2D eigenvalue weighted by atomic mass is 35.5. The Kier molecular flexibility index (Phi) is 4.01. The van der Waals surface area contributed by atoms with E-state index in [-0.39, 0.29) is 30.1 Å². The summed E-state index contributed by atoms with van der Waals surface area (Å²) in [5.41, 5.74) is 6.59. The molecule has 0 aliphatic heterocycles. The molecule has 5 nitrogen and oxygen atoms in total. The maximum atomic E-state index is 11.8. The van der Waals surface area contributed by atoms with Crippen LogP contribution >= 0.6 is 12.4 Å². The normalized spacial score (nSPS) is 18.6. The van der Waals surface area contributed by atoms with Crippen molar-refractivity contribution in [3.8, 4) is 0 Å². The van der Waals surface area contributed by atoms with E-state index < -0.39 is 5.54 Å². The number of carbonyl (C=O) groups excluding carboxylic acids is 2. The molecule has 0 heterocycles. The van der Waals surface area contributed by atoms with Crippen LogP contribution in [0.2, 0.25) is 0 Å². The van der Waals surface area contributed by atoms with Crippen LogP contribution in [0.15, 0.2) is 24.3 Å². The van der Waals surface area contributed by atoms with E-state index in [9.17, 15) is 9.59 Å². The van der Waals surface area contributed by atoms with Gasteiger partial charge in [0.1, 0.15) is 0 Å². The van der Waals surface area contributed by atoms with Gasteiger partial charge in [-0.3, -0.25) is 9.59 Å². The molecule has 2 amide bonds. The van der Waals surface area contributed by atoms with Crippen LogP contribution in [0.1, 0.15) is 25.7 Å². The lowest BCUT2D eigenvalue weighted by atomic mass is 10.2. The predicted octanol–water partition coefficient (Wildman–Crippen LogP) is 1.89. The van der Waals surface area contributed by atoms with E-state index in [1.165, 1.54) is 0 Å². The Bertz CT molecular complexity index is 522. The molecular formula is C14H18ClN3O2. The molecule has 6 heteroatoms. The van der Waals surface area contributed by atoms with E-state index in [1.54, 1.807) is 24.3 Å². The van der Waals surface area contributed by atoms with E-state index >= 15 is 0 Å². The Labute approximate surface area is 123 Å². The molecule has 0 radical (unpaired) electrons. The summed E-state index contributed by atoms with van der Waals surface area (Å²) in [6.07, 6.45) is 3.46. The zero-order chi connectivity index (χ0) is 13.5. The minimum absolute atomic E-state index is 0. The lowest BCUT2D eigenvalue weighted by Gasteiger charge is -2.10. The molecule has 0 unspecified atom stereocenters. The highest BCUT2D eigenvalue weighted by Crippen LogP contribution is 2.33. The van der Waals surface area contributed by atoms with E-state index in [0.717, 1.165) is 31.4 Å². The first-order valence-electron chi connectivity index (χ1n) is 6.58. The van der Waals surface area contributed by atoms with E-state index in [4.69, 9.17) is 5.73 Å². The van der Waals surface area contributed by atoms with Crippen molar-refractivity contribution in [2.75, 3.05) is 10.6 Å². The fourth-order valence-corrected chi connectivity index (χ4v) is 1.84. The summed E-state index contributed by atoms with van der Waals surface area (Å²) in [5, 5.41) is 5.63. The molecule has 2 aliphatic rings. The predicted molar refractivity (Wildman–Crippen MR) is 79.8 cm³/mol. The van der Waals surface area contributed by atoms with Gasteiger partial charge in [-0.2, -0.15) is 0 Å². The van der Waals surface area contributed by atoms with Crippen molar-refractivity contribution in [3.05, 3.63) is 24.3 Å². The number of nitrogens with one attached hydrogen (secondary N) is 2. The van der Waals surface area contributed by atoms with Gasteiger partial charge < -0.3 is 16.4 Å². The van der Waals surface area contributed by atoms with E-state index in [1.807, 2.05) is 0 Å². The molecule has 0 saturated heterocycles. The summed E-state index contributed by atoms with van der Waals surface area (Å²) >= 11 is 0. The number of rotatable bonds is 4. The number of anilines is 2. The molecule has 0 aromatic heterocycles.